The Morgan fingerprint density at radius 2 is 1.72 bits per heavy atom. The number of nitrogens with zero attached hydrogens (tertiary/aromatic N) is 3. The second kappa shape index (κ2) is 10.5. The van der Waals surface area contributed by atoms with E-state index in [1.54, 1.807) is 0 Å². The number of carbonyl (C=O) groups excluding carboxylic acids is 1. The van der Waals surface area contributed by atoms with Crippen LogP contribution in [0.5, 0.6) is 0 Å². The highest BCUT2D eigenvalue weighted by Crippen LogP contribution is 2.40. The fraction of sp³-hybridized carbons (Fsp3) is 0.269. The maximum atomic E-state index is 14.6. The van der Waals surface area contributed by atoms with E-state index in [0.717, 1.165) is 47.0 Å². The summed E-state index contributed by atoms with van der Waals surface area (Å²) in [5.74, 6) is -3.35. The molecule has 39 heavy (non-hydrogen) atoms. The second-order valence-corrected chi connectivity index (χ2v) is 10.9. The molecule has 0 spiro atoms. The molecule has 1 aliphatic heterocycles. The summed E-state index contributed by atoms with van der Waals surface area (Å²) >= 11 is 0. The number of hydrogen-bond donors (Lipinski definition) is 1. The number of sulfonamides is 1. The third kappa shape index (κ3) is 5.41. The first-order valence-electron chi connectivity index (χ1n) is 11.7. The molecule has 1 N–H and O–H groups in total. The van der Waals surface area contributed by atoms with Crippen LogP contribution < -0.4 is 5.32 Å². The number of rotatable bonds is 7. The van der Waals surface area contributed by atoms with Gasteiger partial charge in [0.2, 0.25) is 21.8 Å². The van der Waals surface area contributed by atoms with E-state index < -0.39 is 45.1 Å². The first-order chi connectivity index (χ1) is 18.3. The lowest BCUT2D eigenvalue weighted by atomic mass is 9.89. The third-order valence-electron chi connectivity index (χ3n) is 6.53. The van der Waals surface area contributed by atoms with E-state index >= 15 is 0 Å². The van der Waals surface area contributed by atoms with Crippen molar-refractivity contribution in [3.63, 3.8) is 0 Å². The van der Waals surface area contributed by atoms with Gasteiger partial charge in [-0.1, -0.05) is 12.6 Å². The fourth-order valence-electron chi connectivity index (χ4n) is 4.54. The van der Waals surface area contributed by atoms with Gasteiger partial charge in [-0.2, -0.15) is 17.5 Å². The summed E-state index contributed by atoms with van der Waals surface area (Å²) in [4.78, 5) is 19.9. The molecule has 1 unspecified atom stereocenters. The number of aromatic nitrogens is 2. The van der Waals surface area contributed by atoms with E-state index in [1.807, 2.05) is 0 Å². The van der Waals surface area contributed by atoms with Gasteiger partial charge in [-0.3, -0.25) is 4.79 Å². The van der Waals surface area contributed by atoms with Gasteiger partial charge in [0, 0.05) is 36.6 Å². The van der Waals surface area contributed by atoms with Crippen molar-refractivity contribution in [1.82, 2.24) is 19.6 Å². The van der Waals surface area contributed by atoms with Crippen molar-refractivity contribution in [2.75, 3.05) is 6.54 Å². The SMILES string of the molecule is C=C(C)C1(C(=O)NCc2cc(-c3cnc(C(F)(F)F)nc3)ccc2F)CCCN1S(=O)(=O)c1ccc(F)cc1. The van der Waals surface area contributed by atoms with Crippen molar-refractivity contribution in [1.29, 1.82) is 0 Å². The second-order valence-electron chi connectivity index (χ2n) is 9.06. The molecule has 1 saturated heterocycles. The molecule has 0 aliphatic carbocycles. The Balaban J connectivity index is 1.59. The Labute approximate surface area is 221 Å². The van der Waals surface area contributed by atoms with Crippen molar-refractivity contribution < 1.29 is 35.2 Å². The molecule has 7 nitrogen and oxygen atoms in total. The van der Waals surface area contributed by atoms with Crippen LogP contribution in [-0.4, -0.2) is 40.7 Å². The number of amides is 1. The van der Waals surface area contributed by atoms with E-state index in [2.05, 4.69) is 21.9 Å². The van der Waals surface area contributed by atoms with Crippen molar-refractivity contribution in [3.05, 3.63) is 90.0 Å². The Bertz CT molecular complexity index is 1510. The molecule has 0 radical (unpaired) electrons. The van der Waals surface area contributed by atoms with Gasteiger partial charge in [0.15, 0.2) is 0 Å². The lowest BCUT2D eigenvalue weighted by Gasteiger charge is -2.37. The highest BCUT2D eigenvalue weighted by molar-refractivity contribution is 7.89. The quantitative estimate of drug-likeness (QED) is 0.326. The molecule has 1 atom stereocenters. The zero-order chi connectivity index (χ0) is 28.6. The first kappa shape index (κ1) is 28.3. The van der Waals surface area contributed by atoms with Gasteiger partial charge in [-0.15, -0.1) is 0 Å². The van der Waals surface area contributed by atoms with Crippen LogP contribution >= 0.6 is 0 Å². The summed E-state index contributed by atoms with van der Waals surface area (Å²) < 4.78 is 94.2. The molecule has 0 saturated carbocycles. The molecular formula is C26H23F5N4O3S. The van der Waals surface area contributed by atoms with Crippen LogP contribution in [0, 0.1) is 11.6 Å². The number of nitrogens with one attached hydrogen (secondary N) is 1. The van der Waals surface area contributed by atoms with Crippen LogP contribution in [-0.2, 0) is 27.5 Å². The van der Waals surface area contributed by atoms with Gasteiger partial charge in [0.05, 0.1) is 4.90 Å². The Hall–Kier alpha value is -3.71. The van der Waals surface area contributed by atoms with Crippen LogP contribution in [0.15, 0.2) is 71.9 Å². The molecule has 4 rings (SSSR count). The predicted molar refractivity (Wildman–Crippen MR) is 131 cm³/mol. The molecular weight excluding hydrogens is 543 g/mol. The van der Waals surface area contributed by atoms with Gasteiger partial charge in [-0.05, 0) is 67.3 Å². The molecule has 1 aromatic heterocycles. The highest BCUT2D eigenvalue weighted by atomic mass is 32.2. The molecule has 206 valence electrons. The van der Waals surface area contributed by atoms with Crippen LogP contribution in [0.1, 0.15) is 31.2 Å². The summed E-state index contributed by atoms with van der Waals surface area (Å²) in [6, 6.07) is 7.97. The number of hydrogen-bond acceptors (Lipinski definition) is 5. The largest absolute Gasteiger partial charge is 0.451 e. The van der Waals surface area contributed by atoms with E-state index in [1.165, 1.54) is 19.1 Å². The molecule has 3 aromatic rings. The summed E-state index contributed by atoms with van der Waals surface area (Å²) in [6.45, 7) is 5.04. The molecule has 0 bridgehead atoms. The average Bonchev–Trinajstić information content (AvgIpc) is 3.35. The van der Waals surface area contributed by atoms with Gasteiger partial charge >= 0.3 is 6.18 Å². The molecule has 2 heterocycles. The summed E-state index contributed by atoms with van der Waals surface area (Å²) in [5, 5.41) is 2.59. The van der Waals surface area contributed by atoms with Crippen molar-refractivity contribution in [3.8, 4) is 11.1 Å². The van der Waals surface area contributed by atoms with Crippen molar-refractivity contribution >= 4 is 15.9 Å². The summed E-state index contributed by atoms with van der Waals surface area (Å²) in [7, 11) is -4.22. The fourth-order valence-corrected chi connectivity index (χ4v) is 6.38. The van der Waals surface area contributed by atoms with Crippen LogP contribution in [0.4, 0.5) is 22.0 Å². The topological polar surface area (TPSA) is 92.3 Å². The Morgan fingerprint density at radius 1 is 1.08 bits per heavy atom. The minimum absolute atomic E-state index is 0.00329. The van der Waals surface area contributed by atoms with E-state index in [9.17, 15) is 35.2 Å². The molecule has 2 aromatic carbocycles. The maximum absolute atomic E-state index is 14.6. The standard InChI is InChI=1S/C26H23F5N4O3S/c1-16(2)25(10-3-11-35(25)39(37,38)21-7-5-20(27)6-8-21)24(36)34-13-18-12-17(4-9-22(18)28)19-14-32-23(33-15-19)26(29,30)31/h4-9,12,14-15H,1,3,10-11,13H2,2H3,(H,34,36). The van der Waals surface area contributed by atoms with E-state index in [4.69, 9.17) is 0 Å². The number of halogens is 5. The Kier molecular flexibility index (Phi) is 7.59. The Morgan fingerprint density at radius 3 is 2.31 bits per heavy atom. The van der Waals surface area contributed by atoms with E-state index in [0.29, 0.717) is 12.0 Å². The van der Waals surface area contributed by atoms with Gasteiger partial charge in [0.1, 0.15) is 17.2 Å². The third-order valence-corrected chi connectivity index (χ3v) is 8.48. The lowest BCUT2D eigenvalue weighted by Crippen LogP contribution is -2.57. The smallest absolute Gasteiger partial charge is 0.350 e. The van der Waals surface area contributed by atoms with Crippen LogP contribution in [0.25, 0.3) is 11.1 Å². The van der Waals surface area contributed by atoms with Gasteiger partial charge < -0.3 is 5.32 Å². The monoisotopic (exact) mass is 566 g/mol. The number of carbonyl (C=O) groups is 1. The number of benzene rings is 2. The molecule has 1 aliphatic rings. The minimum Gasteiger partial charge on any atom is -0.350 e. The van der Waals surface area contributed by atoms with E-state index in [-0.39, 0.29) is 41.1 Å². The average molecular weight is 567 g/mol. The zero-order valence-corrected chi connectivity index (χ0v) is 21.4. The minimum atomic E-state index is -4.71. The van der Waals surface area contributed by atoms with Crippen LogP contribution in [0.2, 0.25) is 0 Å². The maximum Gasteiger partial charge on any atom is 0.451 e. The molecule has 13 heteroatoms. The van der Waals surface area contributed by atoms with Crippen LogP contribution in [0.3, 0.4) is 0 Å². The van der Waals surface area contributed by atoms with Crippen molar-refractivity contribution in [2.24, 2.45) is 0 Å². The zero-order valence-electron chi connectivity index (χ0n) is 20.6. The molecule has 1 fully saturated rings. The number of alkyl halides is 3. The van der Waals surface area contributed by atoms with Crippen molar-refractivity contribution in [2.45, 2.75) is 42.9 Å². The normalized spacial score (nSPS) is 18.2. The lowest BCUT2D eigenvalue weighted by molar-refractivity contribution is -0.145. The first-order valence-corrected chi connectivity index (χ1v) is 13.1. The van der Waals surface area contributed by atoms with Gasteiger partial charge in [0.25, 0.3) is 0 Å². The molecule has 1 amide bonds. The van der Waals surface area contributed by atoms with Gasteiger partial charge in [-0.25, -0.2) is 27.2 Å². The predicted octanol–water partition coefficient (Wildman–Crippen LogP) is 4.86. The summed E-state index contributed by atoms with van der Waals surface area (Å²) in [6.07, 6.45) is -2.33. The highest BCUT2D eigenvalue weighted by Gasteiger charge is 2.53. The summed E-state index contributed by atoms with van der Waals surface area (Å²) in [5.41, 5.74) is -0.905.